The summed E-state index contributed by atoms with van der Waals surface area (Å²) in [7, 11) is 4.23. The van der Waals surface area contributed by atoms with Crippen LogP contribution in [0.2, 0.25) is 0 Å². The molecule has 3 aromatic carbocycles. The molecular formula is C28H32N4O3. The number of nitrogens with zero attached hydrogens (tertiary/aromatic N) is 1. The van der Waals surface area contributed by atoms with Crippen molar-refractivity contribution in [3.63, 3.8) is 0 Å². The van der Waals surface area contributed by atoms with E-state index >= 15 is 0 Å². The summed E-state index contributed by atoms with van der Waals surface area (Å²) in [6, 6.07) is 20.2. The molecule has 0 fully saturated rings. The van der Waals surface area contributed by atoms with Crippen LogP contribution in [0.15, 0.2) is 66.7 Å². The first-order chi connectivity index (χ1) is 16.9. The van der Waals surface area contributed by atoms with Crippen molar-refractivity contribution >= 4 is 29.0 Å². The van der Waals surface area contributed by atoms with E-state index in [-0.39, 0.29) is 11.9 Å². The van der Waals surface area contributed by atoms with Gasteiger partial charge in [0.2, 0.25) is 5.91 Å². The van der Waals surface area contributed by atoms with E-state index in [1.54, 1.807) is 18.2 Å². The van der Waals surface area contributed by atoms with E-state index in [1.807, 2.05) is 36.4 Å². The first kappa shape index (κ1) is 24.3. The third kappa shape index (κ3) is 6.83. The van der Waals surface area contributed by atoms with Gasteiger partial charge in [-0.3, -0.25) is 4.79 Å². The van der Waals surface area contributed by atoms with E-state index in [4.69, 9.17) is 4.74 Å². The zero-order chi connectivity index (χ0) is 24.8. The molecule has 3 N–H and O–H groups in total. The summed E-state index contributed by atoms with van der Waals surface area (Å²) >= 11 is 0. The van der Waals surface area contributed by atoms with Crippen molar-refractivity contribution < 1.29 is 14.3 Å². The minimum Gasteiger partial charge on any atom is -0.455 e. The van der Waals surface area contributed by atoms with Crippen molar-refractivity contribution in [1.29, 1.82) is 0 Å². The lowest BCUT2D eigenvalue weighted by Gasteiger charge is -2.27. The Kier molecular flexibility index (Phi) is 7.67. The second-order valence-electron chi connectivity index (χ2n) is 9.24. The van der Waals surface area contributed by atoms with Crippen LogP contribution < -0.4 is 20.7 Å². The van der Waals surface area contributed by atoms with Crippen LogP contribution in [-0.4, -0.2) is 37.5 Å². The van der Waals surface area contributed by atoms with Crippen molar-refractivity contribution in [1.82, 2.24) is 4.90 Å². The molecule has 7 heteroatoms. The van der Waals surface area contributed by atoms with Crippen LogP contribution in [0.1, 0.15) is 24.5 Å². The summed E-state index contributed by atoms with van der Waals surface area (Å²) in [6.07, 6.45) is 3.25. The maximum absolute atomic E-state index is 12.7. The normalized spacial score (nSPS) is 14.7. The molecule has 182 valence electrons. The highest BCUT2D eigenvalue weighted by atomic mass is 16.5. The number of amides is 3. The van der Waals surface area contributed by atoms with Gasteiger partial charge in [0.1, 0.15) is 5.75 Å². The molecule has 1 aliphatic rings. The largest absolute Gasteiger partial charge is 0.455 e. The van der Waals surface area contributed by atoms with Crippen LogP contribution in [0.3, 0.4) is 0 Å². The molecule has 3 amide bonds. The van der Waals surface area contributed by atoms with E-state index in [1.165, 1.54) is 18.1 Å². The molecule has 0 spiro atoms. The minimum atomic E-state index is -0.350. The molecule has 1 aliphatic carbocycles. The molecule has 0 aromatic heterocycles. The zero-order valence-electron chi connectivity index (χ0n) is 20.4. The number of rotatable bonds is 7. The molecule has 0 saturated heterocycles. The predicted octanol–water partition coefficient (Wildman–Crippen LogP) is 5.75. The van der Waals surface area contributed by atoms with Crippen LogP contribution in [0, 0.1) is 5.92 Å². The monoisotopic (exact) mass is 472 g/mol. The molecule has 4 rings (SSSR count). The number of ether oxygens (including phenoxy) is 1. The predicted molar refractivity (Wildman–Crippen MR) is 140 cm³/mol. The van der Waals surface area contributed by atoms with Crippen LogP contribution in [0.4, 0.5) is 21.9 Å². The summed E-state index contributed by atoms with van der Waals surface area (Å²) in [4.78, 5) is 26.6. The number of nitrogens with one attached hydrogen (secondary N) is 3. The van der Waals surface area contributed by atoms with Crippen LogP contribution in [0.5, 0.6) is 11.5 Å². The smallest absolute Gasteiger partial charge is 0.323 e. The first-order valence-corrected chi connectivity index (χ1v) is 11.8. The van der Waals surface area contributed by atoms with Gasteiger partial charge < -0.3 is 25.6 Å². The SMILES string of the molecule is CC(=O)Nc1cc(NC(=O)Nc2ccc3c(c2)CCC(CN(C)C)C3)ccc1Oc1ccccc1. The number of urea groups is 1. The number of para-hydroxylation sites is 1. The second-order valence-corrected chi connectivity index (χ2v) is 9.24. The third-order valence-corrected chi connectivity index (χ3v) is 5.94. The third-order valence-electron chi connectivity index (χ3n) is 5.94. The quantitative estimate of drug-likeness (QED) is 0.409. The Morgan fingerprint density at radius 1 is 0.914 bits per heavy atom. The van der Waals surface area contributed by atoms with E-state index < -0.39 is 0 Å². The summed E-state index contributed by atoms with van der Waals surface area (Å²) in [6.45, 7) is 2.52. The maximum atomic E-state index is 12.7. The number of carbonyl (C=O) groups excluding carboxylic acids is 2. The van der Waals surface area contributed by atoms with E-state index in [2.05, 4.69) is 47.1 Å². The average Bonchev–Trinajstić information content (AvgIpc) is 2.81. The summed E-state index contributed by atoms with van der Waals surface area (Å²) < 4.78 is 5.90. The number of fused-ring (bicyclic) bond motifs is 1. The molecule has 1 atom stereocenters. The molecule has 35 heavy (non-hydrogen) atoms. The Morgan fingerprint density at radius 3 is 2.34 bits per heavy atom. The molecule has 0 radical (unpaired) electrons. The van der Waals surface area contributed by atoms with E-state index in [9.17, 15) is 9.59 Å². The molecule has 1 unspecified atom stereocenters. The van der Waals surface area contributed by atoms with Gasteiger partial charge in [0.25, 0.3) is 0 Å². The zero-order valence-corrected chi connectivity index (χ0v) is 20.4. The standard InChI is InChI=1S/C28H32N4O3/c1-19(33)29-26-17-24(13-14-27(26)35-25-7-5-4-6-8-25)31-28(34)30-23-12-11-21-15-20(18-32(2)3)9-10-22(21)16-23/h4-8,11-14,16-17,20H,9-10,15,18H2,1-3H3,(H,29,33)(H2,30,31,34). The fraction of sp³-hybridized carbons (Fsp3) is 0.286. The lowest BCUT2D eigenvalue weighted by atomic mass is 9.83. The highest BCUT2D eigenvalue weighted by Crippen LogP contribution is 2.32. The van der Waals surface area contributed by atoms with Crippen molar-refractivity contribution in [2.75, 3.05) is 36.6 Å². The van der Waals surface area contributed by atoms with Crippen LogP contribution >= 0.6 is 0 Å². The molecule has 0 bridgehead atoms. The Balaban J connectivity index is 1.42. The van der Waals surface area contributed by atoms with E-state index in [0.717, 1.165) is 31.5 Å². The summed E-state index contributed by atoms with van der Waals surface area (Å²) in [5.74, 6) is 1.58. The summed E-state index contributed by atoms with van der Waals surface area (Å²) in [5.41, 5.74) is 4.44. The fourth-order valence-corrected chi connectivity index (χ4v) is 4.47. The number of hydrogen-bond acceptors (Lipinski definition) is 4. The second kappa shape index (κ2) is 11.1. The lowest BCUT2D eigenvalue weighted by Crippen LogP contribution is -2.26. The van der Waals surface area contributed by atoms with Crippen LogP contribution in [-0.2, 0) is 17.6 Å². The lowest BCUT2D eigenvalue weighted by molar-refractivity contribution is -0.114. The van der Waals surface area contributed by atoms with Gasteiger partial charge in [0, 0.05) is 24.8 Å². The van der Waals surface area contributed by atoms with Gasteiger partial charge in [0.05, 0.1) is 5.69 Å². The highest BCUT2D eigenvalue weighted by molar-refractivity contribution is 6.01. The van der Waals surface area contributed by atoms with Gasteiger partial charge in [0.15, 0.2) is 5.75 Å². The Labute approximate surface area is 206 Å². The minimum absolute atomic E-state index is 0.230. The first-order valence-electron chi connectivity index (χ1n) is 11.8. The van der Waals surface area contributed by atoms with Gasteiger partial charge in [-0.2, -0.15) is 0 Å². The molecular weight excluding hydrogens is 440 g/mol. The van der Waals surface area contributed by atoms with Crippen molar-refractivity contribution in [2.24, 2.45) is 5.92 Å². The number of hydrogen-bond donors (Lipinski definition) is 3. The van der Waals surface area contributed by atoms with Crippen molar-refractivity contribution in [2.45, 2.75) is 26.2 Å². The summed E-state index contributed by atoms with van der Waals surface area (Å²) in [5, 5.41) is 8.53. The van der Waals surface area contributed by atoms with Gasteiger partial charge in [-0.1, -0.05) is 24.3 Å². The topological polar surface area (TPSA) is 82.7 Å². The van der Waals surface area contributed by atoms with Gasteiger partial charge >= 0.3 is 6.03 Å². The number of anilines is 3. The molecule has 7 nitrogen and oxygen atoms in total. The molecule has 0 heterocycles. The highest BCUT2D eigenvalue weighted by Gasteiger charge is 2.20. The Bertz CT molecular complexity index is 1190. The number of carbonyl (C=O) groups is 2. The van der Waals surface area contributed by atoms with Crippen molar-refractivity contribution in [3.8, 4) is 11.5 Å². The molecule has 3 aromatic rings. The average molecular weight is 473 g/mol. The Hall–Kier alpha value is -3.84. The number of benzene rings is 3. The van der Waals surface area contributed by atoms with Gasteiger partial charge in [-0.25, -0.2) is 4.79 Å². The fourth-order valence-electron chi connectivity index (χ4n) is 4.47. The Morgan fingerprint density at radius 2 is 1.63 bits per heavy atom. The van der Waals surface area contributed by atoms with Gasteiger partial charge in [-0.15, -0.1) is 0 Å². The van der Waals surface area contributed by atoms with Crippen molar-refractivity contribution in [3.05, 3.63) is 77.9 Å². The molecule has 0 aliphatic heterocycles. The maximum Gasteiger partial charge on any atom is 0.323 e. The molecule has 0 saturated carbocycles. The van der Waals surface area contributed by atoms with E-state index in [0.29, 0.717) is 28.8 Å². The van der Waals surface area contributed by atoms with Gasteiger partial charge in [-0.05, 0) is 92.9 Å². The van der Waals surface area contributed by atoms with Crippen LogP contribution in [0.25, 0.3) is 0 Å². The number of aryl methyl sites for hydroxylation is 1.